The molecule has 3 aromatic carbocycles. The van der Waals surface area contributed by atoms with E-state index >= 15 is 0 Å². The number of rotatable bonds is 2. The molecule has 0 fully saturated rings. The molecule has 1 radical (unpaired) electrons. The van der Waals surface area contributed by atoms with Crippen molar-refractivity contribution in [2.24, 2.45) is 0 Å². The first-order valence-electron chi connectivity index (χ1n) is 11.5. The molecule has 0 atom stereocenters. The van der Waals surface area contributed by atoms with Crippen LogP contribution in [-0.4, -0.2) is 15.0 Å². The molecule has 0 bridgehead atoms. The Morgan fingerprint density at radius 3 is 1.38 bits per heavy atom. The SMILES string of the molecule is [Ir].[c-]1ccccc1.[c-]1ccccc1-c1ccccn1.c1ccc(-c2ccccn2)cc1.c1ccncc1. The molecule has 0 amide bonds. The molecule has 0 aliphatic carbocycles. The Morgan fingerprint density at radius 2 is 0.946 bits per heavy atom. The molecule has 3 heterocycles. The number of pyridine rings is 3. The second kappa shape index (κ2) is 19.0. The van der Waals surface area contributed by atoms with Gasteiger partial charge in [-0.2, -0.15) is 36.4 Å². The van der Waals surface area contributed by atoms with Gasteiger partial charge in [-0.15, -0.1) is 35.9 Å². The Labute approximate surface area is 233 Å². The topological polar surface area (TPSA) is 38.7 Å². The molecule has 3 nitrogen and oxygen atoms in total. The van der Waals surface area contributed by atoms with Crippen LogP contribution in [0.1, 0.15) is 0 Å². The fourth-order valence-electron chi connectivity index (χ4n) is 2.87. The molecule has 0 saturated carbocycles. The van der Waals surface area contributed by atoms with Gasteiger partial charge in [0.1, 0.15) is 0 Å². The summed E-state index contributed by atoms with van der Waals surface area (Å²) in [4.78, 5) is 12.3. The van der Waals surface area contributed by atoms with Gasteiger partial charge >= 0.3 is 0 Å². The van der Waals surface area contributed by atoms with Crippen LogP contribution < -0.4 is 0 Å². The second-order valence-electron chi connectivity index (χ2n) is 7.17. The third-order valence-electron chi connectivity index (χ3n) is 4.56. The summed E-state index contributed by atoms with van der Waals surface area (Å²) in [5.74, 6) is 0. The number of aromatic nitrogens is 3. The molecule has 185 valence electrons. The molecule has 0 saturated heterocycles. The first-order chi connectivity index (χ1) is 17.9. The molecule has 6 aromatic rings. The summed E-state index contributed by atoms with van der Waals surface area (Å²) in [6.45, 7) is 0. The Hall–Kier alpha value is -4.24. The van der Waals surface area contributed by atoms with E-state index in [4.69, 9.17) is 0 Å². The Morgan fingerprint density at radius 1 is 0.432 bits per heavy atom. The van der Waals surface area contributed by atoms with Crippen LogP contribution in [0.2, 0.25) is 0 Å². The second-order valence-corrected chi connectivity index (χ2v) is 7.17. The predicted molar refractivity (Wildman–Crippen MR) is 148 cm³/mol. The summed E-state index contributed by atoms with van der Waals surface area (Å²) in [5.41, 5.74) is 4.20. The Bertz CT molecular complexity index is 1050. The van der Waals surface area contributed by atoms with Gasteiger partial charge in [-0.1, -0.05) is 54.6 Å². The predicted octanol–water partition coefficient (Wildman–Crippen LogP) is 7.86. The van der Waals surface area contributed by atoms with Crippen molar-refractivity contribution < 1.29 is 20.1 Å². The van der Waals surface area contributed by atoms with Crippen LogP contribution in [-0.2, 0) is 20.1 Å². The average molecular weight is 658 g/mol. The molecular weight excluding hydrogens is 631 g/mol. The van der Waals surface area contributed by atoms with Crippen molar-refractivity contribution in [1.82, 2.24) is 15.0 Å². The molecule has 0 spiro atoms. The van der Waals surface area contributed by atoms with E-state index in [1.807, 2.05) is 134 Å². The van der Waals surface area contributed by atoms with Gasteiger partial charge in [0, 0.05) is 50.5 Å². The summed E-state index contributed by atoms with van der Waals surface area (Å²) in [6, 6.07) is 51.1. The van der Waals surface area contributed by atoms with E-state index in [0.717, 1.165) is 22.5 Å². The summed E-state index contributed by atoms with van der Waals surface area (Å²) < 4.78 is 0. The number of nitrogens with zero attached hydrogens (tertiary/aromatic N) is 3. The fourth-order valence-corrected chi connectivity index (χ4v) is 2.87. The maximum Gasteiger partial charge on any atom is 0.0701 e. The molecule has 0 unspecified atom stereocenters. The Kier molecular flexibility index (Phi) is 14.9. The van der Waals surface area contributed by atoms with Crippen LogP contribution in [0.4, 0.5) is 0 Å². The normalized spacial score (nSPS) is 8.86. The molecular formula is C33H27IrN3-2. The van der Waals surface area contributed by atoms with Crippen molar-refractivity contribution >= 4 is 0 Å². The molecule has 0 N–H and O–H groups in total. The van der Waals surface area contributed by atoms with Gasteiger partial charge in [-0.05, 0) is 36.0 Å². The van der Waals surface area contributed by atoms with E-state index in [-0.39, 0.29) is 20.1 Å². The third kappa shape index (κ3) is 12.3. The van der Waals surface area contributed by atoms with Crippen LogP contribution in [0, 0.1) is 12.1 Å². The summed E-state index contributed by atoms with van der Waals surface area (Å²) in [7, 11) is 0. The maximum atomic E-state index is 4.25. The zero-order valence-electron chi connectivity index (χ0n) is 20.3. The van der Waals surface area contributed by atoms with Gasteiger partial charge in [0.2, 0.25) is 0 Å². The number of benzene rings is 3. The van der Waals surface area contributed by atoms with E-state index in [2.05, 4.69) is 39.2 Å². The quantitative estimate of drug-likeness (QED) is 0.178. The van der Waals surface area contributed by atoms with Crippen LogP contribution in [0.3, 0.4) is 0 Å². The Balaban J connectivity index is 0.000000181. The zero-order valence-corrected chi connectivity index (χ0v) is 22.7. The fraction of sp³-hybridized carbons (Fsp3) is 0. The van der Waals surface area contributed by atoms with E-state index in [1.54, 1.807) is 18.6 Å². The summed E-state index contributed by atoms with van der Waals surface area (Å²) >= 11 is 0. The van der Waals surface area contributed by atoms with Crippen molar-refractivity contribution in [1.29, 1.82) is 0 Å². The van der Waals surface area contributed by atoms with E-state index in [0.29, 0.717) is 0 Å². The van der Waals surface area contributed by atoms with Gasteiger partial charge < -0.3 is 4.98 Å². The van der Waals surface area contributed by atoms with Crippen LogP contribution >= 0.6 is 0 Å². The van der Waals surface area contributed by atoms with Gasteiger partial charge in [0.15, 0.2) is 0 Å². The van der Waals surface area contributed by atoms with Crippen LogP contribution in [0.15, 0.2) is 164 Å². The van der Waals surface area contributed by atoms with Crippen LogP contribution in [0.5, 0.6) is 0 Å². The van der Waals surface area contributed by atoms with E-state index in [9.17, 15) is 0 Å². The largest absolute Gasteiger partial charge is 0.305 e. The van der Waals surface area contributed by atoms with Crippen molar-refractivity contribution in [3.8, 4) is 22.5 Å². The third-order valence-corrected chi connectivity index (χ3v) is 4.56. The van der Waals surface area contributed by atoms with Crippen molar-refractivity contribution in [3.05, 3.63) is 176 Å². The molecule has 37 heavy (non-hydrogen) atoms. The molecule has 0 aliphatic rings. The molecule has 6 rings (SSSR count). The smallest absolute Gasteiger partial charge is 0.0701 e. The van der Waals surface area contributed by atoms with Crippen molar-refractivity contribution in [2.45, 2.75) is 0 Å². The monoisotopic (exact) mass is 658 g/mol. The molecule has 3 aromatic heterocycles. The molecule has 0 aliphatic heterocycles. The van der Waals surface area contributed by atoms with E-state index in [1.165, 1.54) is 0 Å². The minimum atomic E-state index is 0. The maximum absolute atomic E-state index is 4.25. The van der Waals surface area contributed by atoms with E-state index < -0.39 is 0 Å². The van der Waals surface area contributed by atoms with Gasteiger partial charge in [0.05, 0.1) is 5.69 Å². The van der Waals surface area contributed by atoms with Crippen molar-refractivity contribution in [3.63, 3.8) is 0 Å². The van der Waals surface area contributed by atoms with Crippen LogP contribution in [0.25, 0.3) is 22.5 Å². The standard InChI is InChI=1S/C11H9N.C11H8N.C6H5.C5H5N.Ir/c2*1-2-6-10(7-3-1)11-8-4-5-9-12-11;2*1-2-4-6-5-3-1;/h1-9H;1-6,8-9H;2*1-5H;/q;2*-1;;. The number of hydrogen-bond acceptors (Lipinski definition) is 3. The minimum Gasteiger partial charge on any atom is -0.305 e. The summed E-state index contributed by atoms with van der Waals surface area (Å²) in [5, 5.41) is 0. The van der Waals surface area contributed by atoms with Crippen molar-refractivity contribution in [2.75, 3.05) is 0 Å². The van der Waals surface area contributed by atoms with Gasteiger partial charge in [-0.25, -0.2) is 0 Å². The number of hydrogen-bond donors (Lipinski definition) is 0. The first-order valence-corrected chi connectivity index (χ1v) is 11.5. The zero-order chi connectivity index (χ0) is 24.9. The average Bonchev–Trinajstić information content (AvgIpc) is 3.02. The minimum absolute atomic E-state index is 0. The first kappa shape index (κ1) is 29.0. The molecule has 4 heteroatoms. The van der Waals surface area contributed by atoms with Gasteiger partial charge in [-0.3, -0.25) is 9.97 Å². The summed E-state index contributed by atoms with van der Waals surface area (Å²) in [6.07, 6.45) is 7.10. The van der Waals surface area contributed by atoms with Gasteiger partial charge in [0.25, 0.3) is 0 Å².